The number of pyridine rings is 1. The quantitative estimate of drug-likeness (QED) is 0.612. The van der Waals surface area contributed by atoms with E-state index >= 15 is 0 Å². The second-order valence-electron chi connectivity index (χ2n) is 4.88. The molecular formula is C16H11FN4OS. The molecule has 0 atom stereocenters. The van der Waals surface area contributed by atoms with Gasteiger partial charge in [-0.1, -0.05) is 11.2 Å². The Hall–Kier alpha value is -2.80. The van der Waals surface area contributed by atoms with Gasteiger partial charge in [-0.3, -0.25) is 4.98 Å². The van der Waals surface area contributed by atoms with Crippen LogP contribution in [0.2, 0.25) is 0 Å². The zero-order valence-electron chi connectivity index (χ0n) is 11.9. The molecule has 0 saturated heterocycles. The average Bonchev–Trinajstić information content (AvgIpc) is 3.20. The van der Waals surface area contributed by atoms with Crippen molar-refractivity contribution in [3.63, 3.8) is 0 Å². The Morgan fingerprint density at radius 3 is 3.00 bits per heavy atom. The van der Waals surface area contributed by atoms with Crippen molar-refractivity contribution in [2.45, 2.75) is 6.54 Å². The van der Waals surface area contributed by atoms with E-state index in [4.69, 9.17) is 4.52 Å². The highest BCUT2D eigenvalue weighted by Crippen LogP contribution is 2.25. The Morgan fingerprint density at radius 2 is 2.13 bits per heavy atom. The first-order chi connectivity index (χ1) is 11.3. The molecule has 4 aromatic rings. The molecular weight excluding hydrogens is 315 g/mol. The van der Waals surface area contributed by atoms with E-state index in [2.05, 4.69) is 20.4 Å². The van der Waals surface area contributed by atoms with Crippen LogP contribution in [-0.4, -0.2) is 15.1 Å². The van der Waals surface area contributed by atoms with E-state index in [1.165, 1.54) is 23.5 Å². The molecule has 3 heterocycles. The van der Waals surface area contributed by atoms with Gasteiger partial charge in [-0.15, -0.1) is 11.3 Å². The van der Waals surface area contributed by atoms with E-state index in [1.807, 2.05) is 23.6 Å². The van der Waals surface area contributed by atoms with E-state index < -0.39 is 0 Å². The van der Waals surface area contributed by atoms with Gasteiger partial charge in [-0.05, 0) is 30.3 Å². The van der Waals surface area contributed by atoms with Gasteiger partial charge in [0, 0.05) is 17.0 Å². The summed E-state index contributed by atoms with van der Waals surface area (Å²) in [6, 6.07) is 10.0. The second-order valence-corrected chi connectivity index (χ2v) is 5.73. The number of rotatable bonds is 4. The van der Waals surface area contributed by atoms with Gasteiger partial charge in [-0.2, -0.15) is 0 Å². The van der Waals surface area contributed by atoms with Gasteiger partial charge in [0.2, 0.25) is 0 Å². The fourth-order valence-corrected chi connectivity index (χ4v) is 2.94. The number of hydrogen-bond donors (Lipinski definition) is 1. The smallest absolute Gasteiger partial charge is 0.183 e. The Bertz CT molecular complexity index is 951. The van der Waals surface area contributed by atoms with Crippen LogP contribution in [0.1, 0.15) is 5.69 Å². The number of nitrogens with zero attached hydrogens (tertiary/aromatic N) is 3. The number of anilines is 1. The third-order valence-corrected chi connectivity index (χ3v) is 4.15. The molecule has 114 valence electrons. The van der Waals surface area contributed by atoms with E-state index in [0.717, 1.165) is 16.5 Å². The largest absolute Gasteiger partial charge is 0.356 e. The summed E-state index contributed by atoms with van der Waals surface area (Å²) in [5.41, 5.74) is 2.85. The van der Waals surface area contributed by atoms with Crippen LogP contribution in [-0.2, 0) is 6.54 Å². The molecule has 0 radical (unpaired) electrons. The van der Waals surface area contributed by atoms with Crippen molar-refractivity contribution in [1.82, 2.24) is 15.1 Å². The molecule has 0 aliphatic carbocycles. The normalized spacial score (nSPS) is 11.0. The first kappa shape index (κ1) is 13.8. The molecule has 0 aliphatic rings. The van der Waals surface area contributed by atoms with Crippen LogP contribution in [0.5, 0.6) is 0 Å². The first-order valence-electron chi connectivity index (χ1n) is 6.94. The Balaban J connectivity index is 1.53. The molecule has 0 spiro atoms. The van der Waals surface area contributed by atoms with Crippen LogP contribution in [0.3, 0.4) is 0 Å². The Kier molecular flexibility index (Phi) is 3.47. The number of fused-ring (bicyclic) bond motifs is 1. The van der Waals surface area contributed by atoms with Gasteiger partial charge >= 0.3 is 0 Å². The lowest BCUT2D eigenvalue weighted by molar-refractivity contribution is 0.447. The molecule has 23 heavy (non-hydrogen) atoms. The summed E-state index contributed by atoms with van der Waals surface area (Å²) in [5, 5.41) is 10.5. The van der Waals surface area contributed by atoms with Crippen LogP contribution >= 0.6 is 11.3 Å². The van der Waals surface area contributed by atoms with Crippen LogP contribution < -0.4 is 5.32 Å². The molecule has 0 fully saturated rings. The minimum atomic E-state index is -0.311. The van der Waals surface area contributed by atoms with E-state index in [1.54, 1.807) is 12.3 Å². The van der Waals surface area contributed by atoms with Crippen molar-refractivity contribution < 1.29 is 8.91 Å². The number of halogens is 1. The summed E-state index contributed by atoms with van der Waals surface area (Å²) in [7, 11) is 0. The van der Waals surface area contributed by atoms with Crippen molar-refractivity contribution in [2.24, 2.45) is 0 Å². The highest BCUT2D eigenvalue weighted by atomic mass is 32.1. The molecule has 4 rings (SSSR count). The minimum absolute atomic E-state index is 0.311. The maximum absolute atomic E-state index is 13.3. The molecule has 0 amide bonds. The fourth-order valence-electron chi connectivity index (χ4n) is 2.23. The van der Waals surface area contributed by atoms with Crippen LogP contribution in [0, 0.1) is 5.82 Å². The zero-order valence-corrected chi connectivity index (χ0v) is 12.7. The monoisotopic (exact) mass is 326 g/mol. The third kappa shape index (κ3) is 2.78. The molecule has 0 unspecified atom stereocenters. The van der Waals surface area contributed by atoms with E-state index in [-0.39, 0.29) is 5.82 Å². The average molecular weight is 326 g/mol. The highest BCUT2D eigenvalue weighted by molar-refractivity contribution is 7.14. The van der Waals surface area contributed by atoms with Crippen LogP contribution in [0.4, 0.5) is 9.52 Å². The number of aromatic nitrogens is 3. The Morgan fingerprint density at radius 1 is 1.17 bits per heavy atom. The predicted molar refractivity (Wildman–Crippen MR) is 86.6 cm³/mol. The van der Waals surface area contributed by atoms with E-state index in [9.17, 15) is 4.39 Å². The van der Waals surface area contributed by atoms with Crippen molar-refractivity contribution in [1.29, 1.82) is 0 Å². The summed E-state index contributed by atoms with van der Waals surface area (Å²) in [4.78, 5) is 8.76. The third-order valence-electron chi connectivity index (χ3n) is 3.35. The molecule has 3 aromatic heterocycles. The maximum atomic E-state index is 13.3. The number of hydrogen-bond acceptors (Lipinski definition) is 6. The van der Waals surface area contributed by atoms with Crippen LogP contribution in [0.15, 0.2) is 52.5 Å². The molecule has 7 heteroatoms. The lowest BCUT2D eigenvalue weighted by Crippen LogP contribution is -1.99. The predicted octanol–water partition coefficient (Wildman–Crippen LogP) is 4.10. The summed E-state index contributed by atoms with van der Waals surface area (Å²) >= 11 is 1.48. The first-order valence-corrected chi connectivity index (χ1v) is 7.82. The van der Waals surface area contributed by atoms with Gasteiger partial charge in [0.25, 0.3) is 0 Å². The van der Waals surface area contributed by atoms with Gasteiger partial charge < -0.3 is 9.84 Å². The highest BCUT2D eigenvalue weighted by Gasteiger charge is 2.10. The lowest BCUT2D eigenvalue weighted by Gasteiger charge is -1.99. The second kappa shape index (κ2) is 5.77. The van der Waals surface area contributed by atoms with E-state index in [0.29, 0.717) is 23.2 Å². The molecule has 5 nitrogen and oxygen atoms in total. The molecule has 1 aromatic carbocycles. The van der Waals surface area contributed by atoms with Crippen molar-refractivity contribution in [3.05, 3.63) is 59.5 Å². The summed E-state index contributed by atoms with van der Waals surface area (Å²) < 4.78 is 18.5. The fraction of sp³-hybridized carbons (Fsp3) is 0.0625. The van der Waals surface area contributed by atoms with Crippen molar-refractivity contribution in [3.8, 4) is 11.4 Å². The number of nitrogens with one attached hydrogen (secondary N) is 1. The summed E-state index contributed by atoms with van der Waals surface area (Å²) in [6.07, 6.45) is 1.73. The standard InChI is InChI=1S/C16H11FN4OS/c17-10-4-5-15-11(7-10)13(21-22-15)8-19-16-20-14(9-23-16)12-3-1-2-6-18-12/h1-7,9H,8H2,(H,19,20). The molecule has 0 bridgehead atoms. The van der Waals surface area contributed by atoms with Gasteiger partial charge in [0.15, 0.2) is 10.7 Å². The topological polar surface area (TPSA) is 63.8 Å². The maximum Gasteiger partial charge on any atom is 0.183 e. The Labute approximate surface area is 134 Å². The molecule has 1 N–H and O–H groups in total. The van der Waals surface area contributed by atoms with Crippen LogP contribution in [0.25, 0.3) is 22.4 Å². The molecule has 0 saturated carbocycles. The molecule has 0 aliphatic heterocycles. The summed E-state index contributed by atoms with van der Waals surface area (Å²) in [5.74, 6) is -0.311. The van der Waals surface area contributed by atoms with Gasteiger partial charge in [0.1, 0.15) is 17.2 Å². The number of thiazole rings is 1. The zero-order chi connectivity index (χ0) is 15.6. The van der Waals surface area contributed by atoms with Crippen molar-refractivity contribution in [2.75, 3.05) is 5.32 Å². The SMILES string of the molecule is Fc1ccc2onc(CNc3nc(-c4ccccn4)cs3)c2c1. The number of benzene rings is 1. The van der Waals surface area contributed by atoms with Crippen molar-refractivity contribution >= 4 is 27.4 Å². The summed E-state index contributed by atoms with van der Waals surface area (Å²) in [6.45, 7) is 0.408. The van der Waals surface area contributed by atoms with Gasteiger partial charge in [-0.25, -0.2) is 9.37 Å². The van der Waals surface area contributed by atoms with Gasteiger partial charge in [0.05, 0.1) is 12.2 Å². The minimum Gasteiger partial charge on any atom is -0.356 e. The lowest BCUT2D eigenvalue weighted by atomic mass is 10.2.